The van der Waals surface area contributed by atoms with Gasteiger partial charge in [-0.15, -0.1) is 11.6 Å². The van der Waals surface area contributed by atoms with Gasteiger partial charge >= 0.3 is 0 Å². The summed E-state index contributed by atoms with van der Waals surface area (Å²) in [6, 6.07) is 7.34. The van der Waals surface area contributed by atoms with Crippen molar-refractivity contribution in [2.75, 3.05) is 24.8 Å². The van der Waals surface area contributed by atoms with E-state index in [2.05, 4.69) is 10.6 Å². The van der Waals surface area contributed by atoms with Gasteiger partial charge in [0.25, 0.3) is 5.91 Å². The maximum Gasteiger partial charge on any atom is 0.253 e. The summed E-state index contributed by atoms with van der Waals surface area (Å²) in [5, 5.41) is 5.67. The normalized spacial score (nSPS) is 9.57. The smallest absolute Gasteiger partial charge is 0.253 e. The Hall–Kier alpha value is -1.22. The van der Waals surface area contributed by atoms with Crippen molar-refractivity contribution in [3.63, 3.8) is 0 Å². The summed E-state index contributed by atoms with van der Waals surface area (Å²) in [5.41, 5.74) is 1.46. The van der Waals surface area contributed by atoms with Gasteiger partial charge in [-0.1, -0.05) is 12.1 Å². The number of hydrogen-bond donors (Lipinski definition) is 2. The fraction of sp³-hybridized carbons (Fsp3) is 0.300. The van der Waals surface area contributed by atoms with Crippen LogP contribution in [0.5, 0.6) is 0 Å². The molecule has 0 fully saturated rings. The summed E-state index contributed by atoms with van der Waals surface area (Å²) in [5.74, 6) is 0.323. The molecule has 0 radical (unpaired) electrons. The molecule has 0 saturated carbocycles. The van der Waals surface area contributed by atoms with Crippen LogP contribution in [0.15, 0.2) is 24.3 Å². The zero-order chi connectivity index (χ0) is 10.4. The zero-order valence-corrected chi connectivity index (χ0v) is 8.77. The van der Waals surface area contributed by atoms with E-state index in [0.717, 1.165) is 5.69 Å². The van der Waals surface area contributed by atoms with E-state index in [1.807, 2.05) is 18.2 Å². The number of para-hydroxylation sites is 1. The van der Waals surface area contributed by atoms with Crippen molar-refractivity contribution < 1.29 is 4.79 Å². The van der Waals surface area contributed by atoms with Gasteiger partial charge in [-0.2, -0.15) is 0 Å². The van der Waals surface area contributed by atoms with Crippen LogP contribution in [0, 0.1) is 0 Å². The Morgan fingerprint density at radius 2 is 2.14 bits per heavy atom. The largest absolute Gasteiger partial charge is 0.387 e. The van der Waals surface area contributed by atoms with Crippen LogP contribution in [0.25, 0.3) is 0 Å². The zero-order valence-electron chi connectivity index (χ0n) is 8.01. The van der Waals surface area contributed by atoms with Gasteiger partial charge in [0.05, 0.1) is 5.56 Å². The lowest BCUT2D eigenvalue weighted by Crippen LogP contribution is -2.25. The summed E-state index contributed by atoms with van der Waals surface area (Å²) < 4.78 is 0. The lowest BCUT2D eigenvalue weighted by atomic mass is 10.1. The average molecular weight is 213 g/mol. The molecule has 0 aliphatic heterocycles. The summed E-state index contributed by atoms with van der Waals surface area (Å²) in [7, 11) is 1.79. The molecule has 0 heterocycles. The molecule has 1 aromatic carbocycles. The van der Waals surface area contributed by atoms with Gasteiger partial charge in [0, 0.05) is 25.2 Å². The van der Waals surface area contributed by atoms with E-state index in [9.17, 15) is 4.79 Å². The topological polar surface area (TPSA) is 41.1 Å². The number of halogens is 1. The first-order valence-corrected chi connectivity index (χ1v) is 4.94. The Balaban J connectivity index is 2.78. The van der Waals surface area contributed by atoms with Crippen LogP contribution in [-0.2, 0) is 0 Å². The highest BCUT2D eigenvalue weighted by Crippen LogP contribution is 2.13. The van der Waals surface area contributed by atoms with Crippen molar-refractivity contribution in [2.24, 2.45) is 0 Å². The molecule has 0 saturated heterocycles. The van der Waals surface area contributed by atoms with E-state index in [4.69, 9.17) is 11.6 Å². The van der Waals surface area contributed by atoms with Gasteiger partial charge in [-0.3, -0.25) is 4.79 Å². The highest BCUT2D eigenvalue weighted by Gasteiger charge is 2.08. The van der Waals surface area contributed by atoms with Crippen molar-refractivity contribution in [1.82, 2.24) is 5.32 Å². The van der Waals surface area contributed by atoms with Crippen molar-refractivity contribution in [2.45, 2.75) is 0 Å². The Labute approximate surface area is 88.5 Å². The molecule has 76 valence electrons. The molecule has 0 aliphatic rings. The maximum absolute atomic E-state index is 11.6. The molecule has 0 atom stereocenters. The molecular weight excluding hydrogens is 200 g/mol. The highest BCUT2D eigenvalue weighted by molar-refractivity contribution is 6.18. The van der Waals surface area contributed by atoms with Crippen LogP contribution in [0.3, 0.4) is 0 Å². The molecule has 14 heavy (non-hydrogen) atoms. The van der Waals surface area contributed by atoms with Gasteiger partial charge in [0.1, 0.15) is 0 Å². The third kappa shape index (κ3) is 2.64. The average Bonchev–Trinajstić information content (AvgIpc) is 2.25. The van der Waals surface area contributed by atoms with Gasteiger partial charge in [0.2, 0.25) is 0 Å². The van der Waals surface area contributed by atoms with Gasteiger partial charge in [-0.25, -0.2) is 0 Å². The van der Waals surface area contributed by atoms with Crippen LogP contribution in [-0.4, -0.2) is 25.4 Å². The monoisotopic (exact) mass is 212 g/mol. The molecule has 1 amide bonds. The fourth-order valence-corrected chi connectivity index (χ4v) is 1.25. The minimum atomic E-state index is -0.101. The predicted molar refractivity (Wildman–Crippen MR) is 59.0 cm³/mol. The molecule has 0 unspecified atom stereocenters. The molecule has 3 nitrogen and oxygen atoms in total. The van der Waals surface area contributed by atoms with E-state index < -0.39 is 0 Å². The van der Waals surface area contributed by atoms with Crippen molar-refractivity contribution in [1.29, 1.82) is 0 Å². The number of nitrogens with one attached hydrogen (secondary N) is 2. The number of carbonyl (C=O) groups excluding carboxylic acids is 1. The molecule has 4 heteroatoms. The van der Waals surface area contributed by atoms with Crippen molar-refractivity contribution in [3.8, 4) is 0 Å². The first-order chi connectivity index (χ1) is 6.79. The fourth-order valence-electron chi connectivity index (χ4n) is 1.16. The molecule has 1 aromatic rings. The minimum Gasteiger partial charge on any atom is -0.387 e. The molecule has 0 bridgehead atoms. The number of anilines is 1. The molecule has 1 rings (SSSR count). The summed E-state index contributed by atoms with van der Waals surface area (Å²) in [4.78, 5) is 11.6. The second-order valence-electron chi connectivity index (χ2n) is 2.74. The van der Waals surface area contributed by atoms with Crippen LogP contribution in [0.4, 0.5) is 5.69 Å². The first kappa shape index (κ1) is 10.9. The number of amides is 1. The lowest BCUT2D eigenvalue weighted by Gasteiger charge is -2.08. The second-order valence-corrected chi connectivity index (χ2v) is 3.12. The van der Waals surface area contributed by atoms with Gasteiger partial charge in [-0.05, 0) is 12.1 Å². The summed E-state index contributed by atoms with van der Waals surface area (Å²) in [6.07, 6.45) is 0. The van der Waals surface area contributed by atoms with Crippen LogP contribution in [0.2, 0.25) is 0 Å². The SMILES string of the molecule is CNc1ccccc1C(=O)NCCCl. The van der Waals surface area contributed by atoms with Crippen molar-refractivity contribution >= 4 is 23.2 Å². The molecule has 0 aromatic heterocycles. The number of carbonyl (C=O) groups is 1. The lowest BCUT2D eigenvalue weighted by molar-refractivity contribution is 0.0957. The summed E-state index contributed by atoms with van der Waals surface area (Å²) >= 11 is 5.48. The molecule has 0 aliphatic carbocycles. The van der Waals surface area contributed by atoms with E-state index in [-0.39, 0.29) is 5.91 Å². The van der Waals surface area contributed by atoms with E-state index in [1.165, 1.54) is 0 Å². The Kier molecular flexibility index (Phi) is 4.26. The maximum atomic E-state index is 11.6. The van der Waals surface area contributed by atoms with Crippen LogP contribution in [0.1, 0.15) is 10.4 Å². The van der Waals surface area contributed by atoms with E-state index in [1.54, 1.807) is 13.1 Å². The van der Waals surface area contributed by atoms with Gasteiger partial charge < -0.3 is 10.6 Å². The van der Waals surface area contributed by atoms with E-state index >= 15 is 0 Å². The minimum absolute atomic E-state index is 0.101. The van der Waals surface area contributed by atoms with Crippen LogP contribution < -0.4 is 10.6 Å². The van der Waals surface area contributed by atoms with E-state index in [0.29, 0.717) is 18.0 Å². The molecule has 0 spiro atoms. The first-order valence-electron chi connectivity index (χ1n) is 4.40. The number of alkyl halides is 1. The van der Waals surface area contributed by atoms with Crippen molar-refractivity contribution in [3.05, 3.63) is 29.8 Å². The standard InChI is InChI=1S/C10H13ClN2O/c1-12-9-5-3-2-4-8(9)10(14)13-7-6-11/h2-5,12H,6-7H2,1H3,(H,13,14). The highest BCUT2D eigenvalue weighted by atomic mass is 35.5. The third-order valence-corrected chi connectivity index (χ3v) is 2.01. The van der Waals surface area contributed by atoms with Gasteiger partial charge in [0.15, 0.2) is 0 Å². The predicted octanol–water partition coefficient (Wildman–Crippen LogP) is 1.70. The number of rotatable bonds is 4. The second kappa shape index (κ2) is 5.50. The molecular formula is C10H13ClN2O. The number of benzene rings is 1. The number of hydrogen-bond acceptors (Lipinski definition) is 2. The Morgan fingerprint density at radius 1 is 1.43 bits per heavy atom. The summed E-state index contributed by atoms with van der Waals surface area (Å²) in [6.45, 7) is 0.485. The third-order valence-electron chi connectivity index (χ3n) is 1.82. The Bertz CT molecular complexity index is 315. The quantitative estimate of drug-likeness (QED) is 0.746. The Morgan fingerprint density at radius 3 is 2.79 bits per heavy atom. The molecule has 2 N–H and O–H groups in total. The van der Waals surface area contributed by atoms with Crippen LogP contribution >= 0.6 is 11.6 Å².